The first-order valence-electron chi connectivity index (χ1n) is 8.92. The second-order valence-electron chi connectivity index (χ2n) is 6.49. The highest BCUT2D eigenvalue weighted by molar-refractivity contribution is 7.22. The molecule has 142 valence electrons. The third kappa shape index (κ3) is 3.48. The molecule has 0 aliphatic carbocycles. The third-order valence-electron chi connectivity index (χ3n) is 4.55. The van der Waals surface area contributed by atoms with E-state index in [2.05, 4.69) is 9.97 Å². The molecule has 0 spiro atoms. The van der Waals surface area contributed by atoms with E-state index in [1.54, 1.807) is 24.7 Å². The number of halogens is 1. The van der Waals surface area contributed by atoms with Gasteiger partial charge in [-0.1, -0.05) is 41.9 Å². The predicted octanol–water partition coefficient (Wildman–Crippen LogP) is 5.48. The van der Waals surface area contributed by atoms with E-state index in [4.69, 9.17) is 16.0 Å². The molecule has 0 N–H and O–H groups in total. The number of oxazole rings is 1. The molecule has 0 amide bonds. The maximum absolute atomic E-state index is 12.9. The molecule has 5 rings (SSSR count). The van der Waals surface area contributed by atoms with Crippen LogP contribution in [0.15, 0.2) is 82.4 Å². The Morgan fingerprint density at radius 2 is 1.79 bits per heavy atom. The van der Waals surface area contributed by atoms with Crippen LogP contribution in [0.4, 0.5) is 0 Å². The maximum atomic E-state index is 12.9. The van der Waals surface area contributed by atoms with Crippen LogP contribution in [-0.4, -0.2) is 14.5 Å². The summed E-state index contributed by atoms with van der Waals surface area (Å²) in [5.74, 6) is 1.07. The Labute approximate surface area is 174 Å². The van der Waals surface area contributed by atoms with Crippen molar-refractivity contribution in [2.45, 2.75) is 6.54 Å². The zero-order valence-electron chi connectivity index (χ0n) is 15.1. The molecule has 3 aromatic heterocycles. The van der Waals surface area contributed by atoms with Crippen molar-refractivity contribution in [2.24, 2.45) is 0 Å². The van der Waals surface area contributed by atoms with Crippen LogP contribution in [0.1, 0.15) is 5.89 Å². The fraction of sp³-hybridized carbons (Fsp3) is 0.0455. The number of fused-ring (bicyclic) bond motifs is 1. The van der Waals surface area contributed by atoms with Gasteiger partial charge in [-0.15, -0.1) is 11.3 Å². The first-order valence-corrected chi connectivity index (χ1v) is 10.1. The van der Waals surface area contributed by atoms with Crippen molar-refractivity contribution in [1.29, 1.82) is 0 Å². The summed E-state index contributed by atoms with van der Waals surface area (Å²) in [4.78, 5) is 22.7. The van der Waals surface area contributed by atoms with Gasteiger partial charge >= 0.3 is 0 Å². The van der Waals surface area contributed by atoms with Crippen molar-refractivity contribution in [2.75, 3.05) is 0 Å². The molecule has 0 fully saturated rings. The van der Waals surface area contributed by atoms with Crippen molar-refractivity contribution in [1.82, 2.24) is 14.5 Å². The summed E-state index contributed by atoms with van der Waals surface area (Å²) >= 11 is 7.37. The van der Waals surface area contributed by atoms with Gasteiger partial charge in [0.25, 0.3) is 5.56 Å². The van der Waals surface area contributed by atoms with Gasteiger partial charge in [0, 0.05) is 15.5 Å². The third-order valence-corrected chi connectivity index (χ3v) is 5.96. The van der Waals surface area contributed by atoms with Crippen molar-refractivity contribution in [3.8, 4) is 21.8 Å². The van der Waals surface area contributed by atoms with Crippen molar-refractivity contribution >= 4 is 33.2 Å². The SMILES string of the molecule is O=c1c2sc(-c3ccccc3)cc2ncn1Cc1ncc(-c2ccc(Cl)cc2)o1. The molecule has 5 nitrogen and oxygen atoms in total. The van der Waals surface area contributed by atoms with Crippen molar-refractivity contribution < 1.29 is 4.42 Å². The van der Waals surface area contributed by atoms with Gasteiger partial charge in [-0.05, 0) is 35.9 Å². The highest BCUT2D eigenvalue weighted by atomic mass is 35.5. The molecule has 0 aliphatic rings. The van der Waals surface area contributed by atoms with Gasteiger partial charge in [-0.3, -0.25) is 9.36 Å². The van der Waals surface area contributed by atoms with E-state index in [-0.39, 0.29) is 12.1 Å². The lowest BCUT2D eigenvalue weighted by Crippen LogP contribution is -2.20. The van der Waals surface area contributed by atoms with Gasteiger partial charge in [-0.2, -0.15) is 0 Å². The first-order chi connectivity index (χ1) is 14.2. The molecule has 0 aliphatic heterocycles. The van der Waals surface area contributed by atoms with Gasteiger partial charge in [0.1, 0.15) is 11.2 Å². The Bertz CT molecular complexity index is 1350. The topological polar surface area (TPSA) is 60.9 Å². The monoisotopic (exact) mass is 419 g/mol. The average Bonchev–Trinajstić information content (AvgIpc) is 3.39. The maximum Gasteiger partial charge on any atom is 0.271 e. The smallest absolute Gasteiger partial charge is 0.271 e. The lowest BCUT2D eigenvalue weighted by molar-refractivity contribution is 0.484. The van der Waals surface area contributed by atoms with Crippen LogP contribution in [0.25, 0.3) is 32.0 Å². The van der Waals surface area contributed by atoms with Crippen LogP contribution >= 0.6 is 22.9 Å². The van der Waals surface area contributed by atoms with E-state index in [1.807, 2.05) is 48.5 Å². The van der Waals surface area contributed by atoms with E-state index in [0.29, 0.717) is 26.9 Å². The molecule has 0 radical (unpaired) electrons. The van der Waals surface area contributed by atoms with E-state index >= 15 is 0 Å². The van der Waals surface area contributed by atoms with Crippen LogP contribution < -0.4 is 5.56 Å². The Hall–Kier alpha value is -3.22. The molecule has 0 saturated heterocycles. The summed E-state index contributed by atoms with van der Waals surface area (Å²) in [5, 5.41) is 0.658. The lowest BCUT2D eigenvalue weighted by atomic mass is 10.2. The molecule has 5 aromatic rings. The average molecular weight is 420 g/mol. The van der Waals surface area contributed by atoms with Crippen LogP contribution in [0.5, 0.6) is 0 Å². The second-order valence-corrected chi connectivity index (χ2v) is 7.98. The second kappa shape index (κ2) is 7.31. The van der Waals surface area contributed by atoms with Crippen LogP contribution in [0.2, 0.25) is 5.02 Å². The molecule has 29 heavy (non-hydrogen) atoms. The minimum absolute atomic E-state index is 0.103. The van der Waals surface area contributed by atoms with E-state index in [0.717, 1.165) is 16.0 Å². The largest absolute Gasteiger partial charge is 0.439 e. The van der Waals surface area contributed by atoms with Gasteiger partial charge in [0.15, 0.2) is 5.76 Å². The van der Waals surface area contributed by atoms with Gasteiger partial charge < -0.3 is 4.42 Å². The number of benzene rings is 2. The van der Waals surface area contributed by atoms with Gasteiger partial charge in [0.2, 0.25) is 5.89 Å². The summed E-state index contributed by atoms with van der Waals surface area (Å²) in [6.07, 6.45) is 3.19. The summed E-state index contributed by atoms with van der Waals surface area (Å²) in [6.45, 7) is 0.216. The zero-order valence-corrected chi connectivity index (χ0v) is 16.7. The summed E-state index contributed by atoms with van der Waals surface area (Å²) in [5.41, 5.74) is 2.54. The molecule has 0 unspecified atom stereocenters. The summed E-state index contributed by atoms with van der Waals surface area (Å²) in [7, 11) is 0. The standard InChI is InChI=1S/C22H14ClN3O2S/c23-16-8-6-14(7-9-16)18-11-24-20(28-18)12-26-13-25-17-10-19(29-21(17)22(26)27)15-4-2-1-3-5-15/h1-11,13H,12H2. The Kier molecular flexibility index (Phi) is 4.50. The predicted molar refractivity (Wildman–Crippen MR) is 115 cm³/mol. The van der Waals surface area contributed by atoms with E-state index in [9.17, 15) is 4.79 Å². The fourth-order valence-electron chi connectivity index (χ4n) is 3.08. The molecule has 3 heterocycles. The molecule has 0 bridgehead atoms. The van der Waals surface area contributed by atoms with E-state index < -0.39 is 0 Å². The molecular formula is C22H14ClN3O2S. The highest BCUT2D eigenvalue weighted by Gasteiger charge is 2.13. The molecule has 2 aromatic carbocycles. The number of hydrogen-bond donors (Lipinski definition) is 0. The molecule has 0 saturated carbocycles. The van der Waals surface area contributed by atoms with Crippen molar-refractivity contribution in [3.05, 3.63) is 94.5 Å². The van der Waals surface area contributed by atoms with Crippen molar-refractivity contribution in [3.63, 3.8) is 0 Å². The molecular weight excluding hydrogens is 406 g/mol. The Morgan fingerprint density at radius 3 is 2.59 bits per heavy atom. The van der Waals surface area contributed by atoms with Gasteiger partial charge in [-0.25, -0.2) is 9.97 Å². The summed E-state index contributed by atoms with van der Waals surface area (Å²) in [6, 6.07) is 19.2. The Morgan fingerprint density at radius 1 is 1.00 bits per heavy atom. The van der Waals surface area contributed by atoms with E-state index in [1.165, 1.54) is 15.9 Å². The number of thiophene rings is 1. The number of nitrogens with zero attached hydrogens (tertiary/aromatic N) is 3. The molecule has 0 atom stereocenters. The zero-order chi connectivity index (χ0) is 19.8. The number of rotatable bonds is 4. The summed E-state index contributed by atoms with van der Waals surface area (Å²) < 4.78 is 7.96. The highest BCUT2D eigenvalue weighted by Crippen LogP contribution is 2.30. The first kappa shape index (κ1) is 17.8. The fourth-order valence-corrected chi connectivity index (χ4v) is 4.27. The quantitative estimate of drug-likeness (QED) is 0.387. The normalized spacial score (nSPS) is 11.2. The number of aromatic nitrogens is 3. The number of hydrogen-bond acceptors (Lipinski definition) is 5. The van der Waals surface area contributed by atoms with Gasteiger partial charge in [0.05, 0.1) is 18.0 Å². The Balaban J connectivity index is 1.46. The lowest BCUT2D eigenvalue weighted by Gasteiger charge is -2.01. The minimum Gasteiger partial charge on any atom is -0.439 e. The van der Waals surface area contributed by atoms with Crippen LogP contribution in [0, 0.1) is 0 Å². The van der Waals surface area contributed by atoms with Crippen LogP contribution in [0.3, 0.4) is 0 Å². The molecule has 7 heteroatoms. The minimum atomic E-state index is -0.103. The van der Waals surface area contributed by atoms with Crippen LogP contribution in [-0.2, 0) is 6.54 Å².